The first-order chi connectivity index (χ1) is 16.0. The van der Waals surface area contributed by atoms with E-state index in [1.165, 1.54) is 24.4 Å². The largest absolute Gasteiger partial charge is 0.493 e. The summed E-state index contributed by atoms with van der Waals surface area (Å²) < 4.78 is 69.0. The number of aromatic nitrogens is 1. The van der Waals surface area contributed by atoms with Crippen LogP contribution < -0.4 is 9.64 Å². The van der Waals surface area contributed by atoms with Gasteiger partial charge in [-0.2, -0.15) is 13.2 Å². The number of rotatable bonds is 8. The van der Waals surface area contributed by atoms with Gasteiger partial charge in [-0.25, -0.2) is 13.4 Å². The summed E-state index contributed by atoms with van der Waals surface area (Å²) in [6.45, 7) is 1.27. The zero-order valence-corrected chi connectivity index (χ0v) is 19.9. The van der Waals surface area contributed by atoms with Crippen molar-refractivity contribution < 1.29 is 31.1 Å². The molecule has 1 amide bonds. The maximum atomic E-state index is 13.4. The number of nitrogens with zero attached hydrogens (tertiary/aromatic N) is 3. The molecule has 0 saturated carbocycles. The highest BCUT2D eigenvalue weighted by Crippen LogP contribution is 2.36. The third-order valence-electron chi connectivity index (χ3n) is 5.68. The van der Waals surface area contributed by atoms with Gasteiger partial charge in [-0.05, 0) is 49.6 Å². The Hall–Kier alpha value is -2.82. The molecule has 34 heavy (non-hydrogen) atoms. The lowest BCUT2D eigenvalue weighted by Crippen LogP contribution is -2.44. The number of carbonyl (C=O) groups is 1. The van der Waals surface area contributed by atoms with Crippen LogP contribution >= 0.6 is 0 Å². The first-order valence-electron chi connectivity index (χ1n) is 10.9. The van der Waals surface area contributed by atoms with Crippen molar-refractivity contribution in [2.45, 2.75) is 30.3 Å². The van der Waals surface area contributed by atoms with Gasteiger partial charge in [0.05, 0.1) is 23.0 Å². The second-order valence-corrected chi connectivity index (χ2v) is 10.4. The number of amides is 1. The van der Waals surface area contributed by atoms with E-state index < -0.39 is 27.5 Å². The molecule has 1 aliphatic rings. The molecule has 3 rings (SSSR count). The molecule has 2 aromatic rings. The van der Waals surface area contributed by atoms with Crippen molar-refractivity contribution in [3.8, 4) is 5.75 Å². The minimum absolute atomic E-state index is 0.131. The van der Waals surface area contributed by atoms with Gasteiger partial charge >= 0.3 is 6.18 Å². The van der Waals surface area contributed by atoms with E-state index in [1.54, 1.807) is 29.0 Å². The van der Waals surface area contributed by atoms with Gasteiger partial charge in [-0.3, -0.25) is 4.79 Å². The molecule has 0 N–H and O–H groups in total. The van der Waals surface area contributed by atoms with Crippen molar-refractivity contribution >= 4 is 21.6 Å². The van der Waals surface area contributed by atoms with Crippen molar-refractivity contribution in [3.05, 3.63) is 48.2 Å². The Labute approximate surface area is 197 Å². The summed E-state index contributed by atoms with van der Waals surface area (Å²) in [5.41, 5.74) is -0.798. The first-order valence-corrected chi connectivity index (χ1v) is 12.8. The number of pyridine rings is 1. The molecule has 1 atom stereocenters. The fourth-order valence-electron chi connectivity index (χ4n) is 3.95. The number of hydrogen-bond acceptors (Lipinski definition) is 6. The molecule has 11 heteroatoms. The molecule has 186 valence electrons. The number of hydrogen-bond donors (Lipinski definition) is 0. The van der Waals surface area contributed by atoms with E-state index in [-0.39, 0.29) is 29.8 Å². The lowest BCUT2D eigenvalue weighted by Gasteiger charge is -2.35. The Balaban J connectivity index is 1.53. The van der Waals surface area contributed by atoms with Crippen molar-refractivity contribution in [1.29, 1.82) is 0 Å². The predicted octanol–water partition coefficient (Wildman–Crippen LogP) is 3.65. The number of anilines is 1. The fraction of sp³-hybridized carbons (Fsp3) is 0.478. The Bertz CT molecular complexity index is 1110. The van der Waals surface area contributed by atoms with E-state index in [9.17, 15) is 26.4 Å². The molecule has 1 aromatic heterocycles. The van der Waals surface area contributed by atoms with E-state index in [4.69, 9.17) is 4.74 Å². The SMILES string of the molecule is CN(CCCOc1cccc(S(C)(=O)=O)c1)C(=O)C1CCCN(c2ncccc2C(F)(F)F)C1. The second-order valence-electron chi connectivity index (χ2n) is 8.37. The van der Waals surface area contributed by atoms with Gasteiger partial charge in [-0.1, -0.05) is 6.07 Å². The zero-order valence-electron chi connectivity index (χ0n) is 19.1. The lowest BCUT2D eigenvalue weighted by molar-refractivity contribution is -0.137. The lowest BCUT2D eigenvalue weighted by atomic mass is 9.96. The van der Waals surface area contributed by atoms with Gasteiger partial charge in [0.1, 0.15) is 11.6 Å². The summed E-state index contributed by atoms with van der Waals surface area (Å²) >= 11 is 0. The standard InChI is InChI=1S/C23H28F3N3O4S/c1-28(12-6-14-33-18-8-3-9-19(15-18)34(2,31)32)22(30)17-7-5-13-29(16-17)21-20(23(24,25)26)10-4-11-27-21/h3-4,8-11,15,17H,5-7,12-14,16H2,1-2H3. The summed E-state index contributed by atoms with van der Waals surface area (Å²) in [4.78, 5) is 20.1. The van der Waals surface area contributed by atoms with Gasteiger partial charge in [0.15, 0.2) is 9.84 Å². The van der Waals surface area contributed by atoms with Crippen LogP contribution in [-0.4, -0.2) is 63.8 Å². The average Bonchev–Trinajstić information content (AvgIpc) is 2.80. The highest BCUT2D eigenvalue weighted by molar-refractivity contribution is 7.90. The molecule has 0 spiro atoms. The first kappa shape index (κ1) is 25.8. The van der Waals surface area contributed by atoms with E-state index in [2.05, 4.69) is 4.98 Å². The highest BCUT2D eigenvalue weighted by atomic mass is 32.2. The van der Waals surface area contributed by atoms with Crippen LogP contribution in [0.4, 0.5) is 19.0 Å². The molecule has 1 aliphatic heterocycles. The van der Waals surface area contributed by atoms with Gasteiger partial charge in [0, 0.05) is 39.1 Å². The number of benzene rings is 1. The molecule has 1 saturated heterocycles. The topological polar surface area (TPSA) is 79.8 Å². The van der Waals surface area contributed by atoms with Crippen molar-refractivity contribution in [2.24, 2.45) is 5.92 Å². The molecule has 0 aliphatic carbocycles. The van der Waals surface area contributed by atoms with Crippen LogP contribution in [0.1, 0.15) is 24.8 Å². The number of alkyl halides is 3. The molecule has 7 nitrogen and oxygen atoms in total. The zero-order chi connectivity index (χ0) is 24.9. The molecule has 0 radical (unpaired) electrons. The number of ether oxygens (including phenoxy) is 1. The third kappa shape index (κ3) is 6.62. The number of sulfone groups is 1. The molecular weight excluding hydrogens is 471 g/mol. The predicted molar refractivity (Wildman–Crippen MR) is 121 cm³/mol. The van der Waals surface area contributed by atoms with Crippen molar-refractivity contribution in [3.63, 3.8) is 0 Å². The second kappa shape index (κ2) is 10.6. The molecule has 1 aromatic carbocycles. The summed E-state index contributed by atoms with van der Waals surface area (Å²) in [7, 11) is -1.67. The molecular formula is C23H28F3N3O4S. The van der Waals surface area contributed by atoms with Crippen LogP contribution in [0.15, 0.2) is 47.5 Å². The van der Waals surface area contributed by atoms with E-state index in [1.807, 2.05) is 0 Å². The number of halogens is 3. The van der Waals surface area contributed by atoms with Crippen LogP contribution in [0.25, 0.3) is 0 Å². The van der Waals surface area contributed by atoms with Gasteiger partial charge < -0.3 is 14.5 Å². The fourth-order valence-corrected chi connectivity index (χ4v) is 4.61. The quantitative estimate of drug-likeness (QED) is 0.516. The maximum absolute atomic E-state index is 13.4. The van der Waals surface area contributed by atoms with Crippen molar-refractivity contribution in [1.82, 2.24) is 9.88 Å². The Morgan fingerprint density at radius 1 is 1.26 bits per heavy atom. The van der Waals surface area contributed by atoms with E-state index in [0.29, 0.717) is 38.1 Å². The molecule has 2 heterocycles. The van der Waals surface area contributed by atoms with Crippen LogP contribution in [0.2, 0.25) is 0 Å². The van der Waals surface area contributed by atoms with Crippen molar-refractivity contribution in [2.75, 3.05) is 44.4 Å². The van der Waals surface area contributed by atoms with Crippen LogP contribution in [0.5, 0.6) is 5.75 Å². The van der Waals surface area contributed by atoms with Gasteiger partial charge in [0.25, 0.3) is 0 Å². The third-order valence-corrected chi connectivity index (χ3v) is 6.79. The molecule has 1 fully saturated rings. The Morgan fingerprint density at radius 2 is 2.03 bits per heavy atom. The smallest absolute Gasteiger partial charge is 0.419 e. The average molecular weight is 500 g/mol. The van der Waals surface area contributed by atoms with Gasteiger partial charge in [0.2, 0.25) is 5.91 Å². The molecule has 0 bridgehead atoms. The Kier molecular flexibility index (Phi) is 8.06. The minimum atomic E-state index is -4.52. The van der Waals surface area contributed by atoms with Crippen LogP contribution in [0.3, 0.4) is 0 Å². The summed E-state index contributed by atoms with van der Waals surface area (Å²) in [6, 6.07) is 8.46. The molecule has 1 unspecified atom stereocenters. The summed E-state index contributed by atoms with van der Waals surface area (Å²) in [6.07, 6.45) is -0.358. The minimum Gasteiger partial charge on any atom is -0.493 e. The Morgan fingerprint density at radius 3 is 2.74 bits per heavy atom. The monoisotopic (exact) mass is 499 g/mol. The van der Waals surface area contributed by atoms with E-state index in [0.717, 1.165) is 12.3 Å². The summed E-state index contributed by atoms with van der Waals surface area (Å²) in [5.74, 6) is -0.266. The van der Waals surface area contributed by atoms with Crippen LogP contribution in [0, 0.1) is 5.92 Å². The maximum Gasteiger partial charge on any atom is 0.419 e. The van der Waals surface area contributed by atoms with E-state index >= 15 is 0 Å². The number of piperidine rings is 1. The van der Waals surface area contributed by atoms with Gasteiger partial charge in [-0.15, -0.1) is 0 Å². The highest BCUT2D eigenvalue weighted by Gasteiger charge is 2.37. The summed E-state index contributed by atoms with van der Waals surface area (Å²) in [5, 5.41) is 0. The number of carbonyl (C=O) groups excluding carboxylic acids is 1. The normalized spacial score (nSPS) is 16.9. The van der Waals surface area contributed by atoms with Crippen LogP contribution in [-0.2, 0) is 20.8 Å².